The molecular weight excluding hydrogens is 446 g/mol. The summed E-state index contributed by atoms with van der Waals surface area (Å²) in [6.45, 7) is 8.00. The van der Waals surface area contributed by atoms with Crippen LogP contribution >= 0.6 is 11.3 Å². The number of benzene rings is 2. The second kappa shape index (κ2) is 11.0. The van der Waals surface area contributed by atoms with Crippen LogP contribution in [0.1, 0.15) is 30.3 Å². The van der Waals surface area contributed by atoms with E-state index in [1.54, 1.807) is 0 Å². The van der Waals surface area contributed by atoms with Gasteiger partial charge in [-0.25, -0.2) is 4.98 Å². The van der Waals surface area contributed by atoms with Crippen LogP contribution in [-0.4, -0.2) is 45.8 Å². The van der Waals surface area contributed by atoms with Crippen LogP contribution in [0.3, 0.4) is 0 Å². The van der Waals surface area contributed by atoms with Gasteiger partial charge in [-0.3, -0.25) is 9.69 Å². The zero-order valence-electron chi connectivity index (χ0n) is 19.9. The van der Waals surface area contributed by atoms with Gasteiger partial charge in [-0.1, -0.05) is 49.4 Å². The summed E-state index contributed by atoms with van der Waals surface area (Å²) >= 11 is 1.49. The number of para-hydroxylation sites is 1. The molecule has 0 fully saturated rings. The number of thiophene rings is 1. The summed E-state index contributed by atoms with van der Waals surface area (Å²) in [6.07, 6.45) is 0.268. The summed E-state index contributed by atoms with van der Waals surface area (Å²) < 4.78 is 5.81. The summed E-state index contributed by atoms with van der Waals surface area (Å²) in [4.78, 5) is 23.6. The molecule has 0 saturated heterocycles. The molecule has 0 radical (unpaired) electrons. The lowest BCUT2D eigenvalue weighted by Gasteiger charge is -2.24. The maximum atomic E-state index is 13.0. The Bertz CT molecular complexity index is 1310. The lowest BCUT2D eigenvalue weighted by atomic mass is 10.0. The van der Waals surface area contributed by atoms with Crippen LogP contribution in [0.25, 0.3) is 21.3 Å². The Labute approximate surface area is 203 Å². The van der Waals surface area contributed by atoms with E-state index < -0.39 is 6.10 Å². The Morgan fingerprint density at radius 1 is 1.09 bits per heavy atom. The molecule has 0 aliphatic carbocycles. The number of aliphatic hydroxyl groups excluding tert-OH is 1. The standard InChI is InChI=1S/C27H31N3O3S/c1-4-13-30(14-20(31)16-33-23-12-8-6-10-19(23)3)15-24-28-26(32)25-22(17-34-27(25)29-24)21-11-7-5-9-18(21)2/h5-12,17,20,31H,4,13-16H2,1-3H3,(H,28,29,32). The summed E-state index contributed by atoms with van der Waals surface area (Å²) in [6, 6.07) is 15.8. The van der Waals surface area contributed by atoms with Crippen molar-refractivity contribution in [1.29, 1.82) is 0 Å². The third-order valence-corrected chi connectivity index (χ3v) is 6.71. The van der Waals surface area contributed by atoms with E-state index in [1.807, 2.05) is 67.8 Å². The lowest BCUT2D eigenvalue weighted by molar-refractivity contribution is 0.0645. The molecule has 0 spiro atoms. The van der Waals surface area contributed by atoms with Gasteiger partial charge in [0.05, 0.1) is 11.9 Å². The number of H-pyrrole nitrogens is 1. The number of rotatable bonds is 10. The minimum Gasteiger partial charge on any atom is -0.491 e. The topological polar surface area (TPSA) is 78.5 Å². The molecular formula is C27H31N3O3S. The van der Waals surface area contributed by atoms with Gasteiger partial charge in [0.1, 0.15) is 29.1 Å². The largest absolute Gasteiger partial charge is 0.491 e. The maximum absolute atomic E-state index is 13.0. The molecule has 1 unspecified atom stereocenters. The summed E-state index contributed by atoms with van der Waals surface area (Å²) in [5.74, 6) is 1.39. The maximum Gasteiger partial charge on any atom is 0.260 e. The highest BCUT2D eigenvalue weighted by Gasteiger charge is 2.17. The molecule has 0 aliphatic heterocycles. The Balaban J connectivity index is 1.48. The van der Waals surface area contributed by atoms with Crippen molar-refractivity contribution in [1.82, 2.24) is 14.9 Å². The van der Waals surface area contributed by atoms with Gasteiger partial charge < -0.3 is 14.8 Å². The van der Waals surface area contributed by atoms with E-state index >= 15 is 0 Å². The summed E-state index contributed by atoms with van der Waals surface area (Å²) in [7, 11) is 0. The number of nitrogens with zero attached hydrogens (tertiary/aromatic N) is 2. The second-order valence-electron chi connectivity index (χ2n) is 8.62. The molecule has 4 rings (SSSR count). The number of ether oxygens (including phenoxy) is 1. The lowest BCUT2D eigenvalue weighted by Crippen LogP contribution is -2.36. The van der Waals surface area contributed by atoms with Gasteiger partial charge in [-0.15, -0.1) is 11.3 Å². The van der Waals surface area contributed by atoms with Gasteiger partial charge in [0.15, 0.2) is 0 Å². The highest BCUT2D eigenvalue weighted by Crippen LogP contribution is 2.32. The summed E-state index contributed by atoms with van der Waals surface area (Å²) in [5.41, 5.74) is 4.02. The van der Waals surface area contributed by atoms with Crippen molar-refractivity contribution in [3.63, 3.8) is 0 Å². The third kappa shape index (κ3) is 5.55. The molecule has 0 aliphatic rings. The third-order valence-electron chi connectivity index (χ3n) is 5.84. The number of nitrogens with one attached hydrogen (secondary N) is 1. The predicted molar refractivity (Wildman–Crippen MR) is 139 cm³/mol. The molecule has 0 amide bonds. The van der Waals surface area contributed by atoms with E-state index in [9.17, 15) is 9.90 Å². The number of aromatic amines is 1. The average Bonchev–Trinajstić information content (AvgIpc) is 3.23. The molecule has 0 saturated carbocycles. The van der Waals surface area contributed by atoms with Crippen LogP contribution in [0.15, 0.2) is 58.7 Å². The van der Waals surface area contributed by atoms with E-state index in [0.717, 1.165) is 45.8 Å². The normalized spacial score (nSPS) is 12.4. The van der Waals surface area contributed by atoms with Crippen molar-refractivity contribution in [2.75, 3.05) is 19.7 Å². The molecule has 1 atom stereocenters. The summed E-state index contributed by atoms with van der Waals surface area (Å²) in [5, 5.41) is 13.2. The van der Waals surface area contributed by atoms with Crippen molar-refractivity contribution in [3.05, 3.63) is 81.2 Å². The van der Waals surface area contributed by atoms with Crippen LogP contribution in [0, 0.1) is 13.8 Å². The Morgan fingerprint density at radius 3 is 2.56 bits per heavy atom. The average molecular weight is 478 g/mol. The van der Waals surface area contributed by atoms with E-state index in [4.69, 9.17) is 9.72 Å². The van der Waals surface area contributed by atoms with E-state index in [1.165, 1.54) is 11.3 Å². The Morgan fingerprint density at radius 2 is 1.82 bits per heavy atom. The molecule has 4 aromatic rings. The first-order valence-electron chi connectivity index (χ1n) is 11.6. The van der Waals surface area contributed by atoms with Crippen molar-refractivity contribution in [3.8, 4) is 16.9 Å². The van der Waals surface area contributed by atoms with Crippen LogP contribution < -0.4 is 10.3 Å². The first kappa shape index (κ1) is 24.1. The van der Waals surface area contributed by atoms with Gasteiger partial charge in [0.2, 0.25) is 0 Å². The van der Waals surface area contributed by atoms with Crippen LogP contribution in [-0.2, 0) is 6.54 Å². The van der Waals surface area contributed by atoms with E-state index in [0.29, 0.717) is 24.3 Å². The van der Waals surface area contributed by atoms with Crippen molar-refractivity contribution in [2.45, 2.75) is 39.8 Å². The molecule has 2 aromatic carbocycles. The van der Waals surface area contributed by atoms with Crippen LogP contribution in [0.5, 0.6) is 5.75 Å². The molecule has 6 nitrogen and oxygen atoms in total. The zero-order valence-corrected chi connectivity index (χ0v) is 20.7. The first-order chi connectivity index (χ1) is 16.5. The fraction of sp³-hybridized carbons (Fsp3) is 0.333. The Hall–Kier alpha value is -3.00. The fourth-order valence-corrected chi connectivity index (χ4v) is 5.12. The van der Waals surface area contributed by atoms with Crippen molar-refractivity contribution in [2.24, 2.45) is 0 Å². The SMILES string of the molecule is CCCN(Cc1nc2scc(-c3ccccc3C)c2c(=O)[nH]1)CC(O)COc1ccccc1C. The fourth-order valence-electron chi connectivity index (χ4n) is 4.16. The van der Waals surface area contributed by atoms with E-state index in [-0.39, 0.29) is 12.2 Å². The molecule has 178 valence electrons. The number of aliphatic hydroxyl groups is 1. The highest BCUT2D eigenvalue weighted by molar-refractivity contribution is 7.17. The minimum absolute atomic E-state index is 0.126. The quantitative estimate of drug-likeness (QED) is 0.339. The molecule has 7 heteroatoms. The highest BCUT2D eigenvalue weighted by atomic mass is 32.1. The van der Waals surface area contributed by atoms with E-state index in [2.05, 4.69) is 16.8 Å². The number of aromatic nitrogens is 2. The van der Waals surface area contributed by atoms with Crippen molar-refractivity contribution < 1.29 is 9.84 Å². The smallest absolute Gasteiger partial charge is 0.260 e. The molecule has 2 heterocycles. The first-order valence-corrected chi connectivity index (χ1v) is 12.5. The van der Waals surface area contributed by atoms with Crippen LogP contribution in [0.2, 0.25) is 0 Å². The Kier molecular flexibility index (Phi) is 7.77. The van der Waals surface area contributed by atoms with Gasteiger partial charge in [-0.2, -0.15) is 0 Å². The predicted octanol–water partition coefficient (Wildman–Crippen LogP) is 4.92. The van der Waals surface area contributed by atoms with Gasteiger partial charge in [-0.05, 0) is 49.6 Å². The minimum atomic E-state index is -0.656. The second-order valence-corrected chi connectivity index (χ2v) is 9.48. The number of hydrogen-bond donors (Lipinski definition) is 2. The molecule has 2 N–H and O–H groups in total. The number of hydrogen-bond acceptors (Lipinski definition) is 6. The number of aryl methyl sites for hydroxylation is 2. The van der Waals surface area contributed by atoms with Crippen LogP contribution in [0.4, 0.5) is 0 Å². The molecule has 34 heavy (non-hydrogen) atoms. The number of fused-ring (bicyclic) bond motifs is 1. The monoisotopic (exact) mass is 477 g/mol. The van der Waals surface area contributed by atoms with Gasteiger partial charge in [0.25, 0.3) is 5.56 Å². The van der Waals surface area contributed by atoms with Gasteiger partial charge >= 0.3 is 0 Å². The van der Waals surface area contributed by atoms with Gasteiger partial charge in [0, 0.05) is 17.5 Å². The zero-order chi connectivity index (χ0) is 24.1. The van der Waals surface area contributed by atoms with Crippen molar-refractivity contribution >= 4 is 21.6 Å². The molecule has 0 bridgehead atoms. The molecule has 2 aromatic heterocycles.